The van der Waals surface area contributed by atoms with Crippen molar-refractivity contribution in [1.82, 2.24) is 24.7 Å². The van der Waals surface area contributed by atoms with E-state index in [1.807, 2.05) is 55.6 Å². The molecule has 2 aromatic carbocycles. The molecule has 0 saturated heterocycles. The third-order valence-electron chi connectivity index (χ3n) is 4.52. The van der Waals surface area contributed by atoms with E-state index in [1.54, 1.807) is 23.0 Å². The highest BCUT2D eigenvalue weighted by atomic mass is 16.5. The van der Waals surface area contributed by atoms with E-state index in [4.69, 9.17) is 10.5 Å². The lowest BCUT2D eigenvalue weighted by Crippen LogP contribution is -2.11. The average Bonchev–Trinajstić information content (AvgIpc) is 3.27. The molecule has 0 fully saturated rings. The van der Waals surface area contributed by atoms with Gasteiger partial charge >= 0.3 is 5.97 Å². The van der Waals surface area contributed by atoms with Gasteiger partial charge in [0.15, 0.2) is 12.4 Å². The minimum Gasteiger partial charge on any atom is -0.454 e. The zero-order valence-corrected chi connectivity index (χ0v) is 16.9. The van der Waals surface area contributed by atoms with Gasteiger partial charge in [-0.1, -0.05) is 30.3 Å². The van der Waals surface area contributed by atoms with Crippen molar-refractivity contribution in [2.45, 2.75) is 20.1 Å². The van der Waals surface area contributed by atoms with E-state index in [2.05, 4.69) is 25.4 Å². The van der Waals surface area contributed by atoms with Crippen LogP contribution in [0, 0.1) is 6.92 Å². The molecule has 0 aliphatic heterocycles. The zero-order valence-electron chi connectivity index (χ0n) is 16.9. The summed E-state index contributed by atoms with van der Waals surface area (Å²) in [6.07, 6.45) is 3.60. The minimum absolute atomic E-state index is 0.0418. The molecule has 0 aliphatic rings. The fourth-order valence-electron chi connectivity index (χ4n) is 2.93. The number of nitrogens with one attached hydrogen (secondary N) is 1. The van der Waals surface area contributed by atoms with Crippen molar-refractivity contribution < 1.29 is 9.53 Å². The first-order chi connectivity index (χ1) is 15.1. The Bertz CT molecular complexity index is 1170. The summed E-state index contributed by atoms with van der Waals surface area (Å²) in [6.45, 7) is 2.47. The smallest absolute Gasteiger partial charge is 0.338 e. The number of anilines is 3. The van der Waals surface area contributed by atoms with Gasteiger partial charge in [0.25, 0.3) is 0 Å². The normalized spacial score (nSPS) is 10.6. The number of carbonyl (C=O) groups excluding carboxylic acids is 1. The monoisotopic (exact) mass is 415 g/mol. The van der Waals surface area contributed by atoms with Crippen molar-refractivity contribution in [2.24, 2.45) is 0 Å². The molecule has 3 N–H and O–H groups in total. The molecule has 156 valence electrons. The van der Waals surface area contributed by atoms with Crippen molar-refractivity contribution in [1.29, 1.82) is 0 Å². The Balaban J connectivity index is 1.38. The first kappa shape index (κ1) is 20.0. The highest BCUT2D eigenvalue weighted by Crippen LogP contribution is 2.18. The lowest BCUT2D eigenvalue weighted by atomic mass is 10.1. The summed E-state index contributed by atoms with van der Waals surface area (Å²) in [5.74, 6) is 0.112. The number of aryl methyl sites for hydroxylation is 1. The lowest BCUT2D eigenvalue weighted by molar-refractivity contribution is 0.0462. The van der Waals surface area contributed by atoms with Crippen molar-refractivity contribution in [3.8, 4) is 0 Å². The van der Waals surface area contributed by atoms with Gasteiger partial charge in [-0.15, -0.1) is 0 Å². The average molecular weight is 415 g/mol. The SMILES string of the molecule is Cc1ccccc1Nc1nc(N)nc(COC(=O)c2ccc(Cn3cccn3)cc2)n1. The van der Waals surface area contributed by atoms with Crippen molar-refractivity contribution in [3.05, 3.63) is 89.5 Å². The van der Waals surface area contributed by atoms with Gasteiger partial charge in [-0.25, -0.2) is 4.79 Å². The molecule has 0 radical (unpaired) electrons. The Labute approximate surface area is 178 Å². The van der Waals surface area contributed by atoms with Crippen molar-refractivity contribution >= 4 is 23.6 Å². The fraction of sp³-hybridized carbons (Fsp3) is 0.136. The Hall–Kier alpha value is -4.27. The van der Waals surface area contributed by atoms with E-state index < -0.39 is 5.97 Å². The van der Waals surface area contributed by atoms with E-state index >= 15 is 0 Å². The summed E-state index contributed by atoms with van der Waals surface area (Å²) >= 11 is 0. The lowest BCUT2D eigenvalue weighted by Gasteiger charge is -2.10. The Morgan fingerprint density at radius 3 is 2.61 bits per heavy atom. The molecule has 9 heteroatoms. The minimum atomic E-state index is -0.474. The van der Waals surface area contributed by atoms with Crippen LogP contribution in [0.4, 0.5) is 17.6 Å². The van der Waals surface area contributed by atoms with Gasteiger partial charge < -0.3 is 15.8 Å². The van der Waals surface area contributed by atoms with Gasteiger partial charge in [0, 0.05) is 18.1 Å². The molecule has 4 aromatic rings. The molecule has 9 nitrogen and oxygen atoms in total. The summed E-state index contributed by atoms with van der Waals surface area (Å²) < 4.78 is 7.16. The second-order valence-corrected chi connectivity index (χ2v) is 6.85. The molecule has 0 atom stereocenters. The molecule has 31 heavy (non-hydrogen) atoms. The number of para-hydroxylation sites is 1. The van der Waals surface area contributed by atoms with Crippen LogP contribution >= 0.6 is 0 Å². The van der Waals surface area contributed by atoms with Gasteiger partial charge in [0.2, 0.25) is 11.9 Å². The highest BCUT2D eigenvalue weighted by molar-refractivity contribution is 5.89. The van der Waals surface area contributed by atoms with Crippen LogP contribution < -0.4 is 11.1 Å². The van der Waals surface area contributed by atoms with Crippen LogP contribution in [-0.4, -0.2) is 30.7 Å². The summed E-state index contributed by atoms with van der Waals surface area (Å²) in [5.41, 5.74) is 9.14. The first-order valence-corrected chi connectivity index (χ1v) is 9.63. The molecule has 2 heterocycles. The number of carbonyl (C=O) groups is 1. The van der Waals surface area contributed by atoms with Gasteiger partial charge in [-0.05, 0) is 42.3 Å². The van der Waals surface area contributed by atoms with Crippen LogP contribution in [0.2, 0.25) is 0 Å². The van der Waals surface area contributed by atoms with Gasteiger partial charge in [-0.2, -0.15) is 20.1 Å². The second-order valence-electron chi connectivity index (χ2n) is 6.85. The van der Waals surface area contributed by atoms with E-state index in [0.717, 1.165) is 16.8 Å². The highest BCUT2D eigenvalue weighted by Gasteiger charge is 2.11. The van der Waals surface area contributed by atoms with Crippen LogP contribution in [0.25, 0.3) is 0 Å². The Morgan fingerprint density at radius 2 is 1.87 bits per heavy atom. The second kappa shape index (κ2) is 9.04. The third-order valence-corrected chi connectivity index (χ3v) is 4.52. The fourth-order valence-corrected chi connectivity index (χ4v) is 2.93. The molecule has 0 aliphatic carbocycles. The van der Waals surface area contributed by atoms with Crippen LogP contribution in [-0.2, 0) is 17.9 Å². The number of nitrogens with zero attached hydrogens (tertiary/aromatic N) is 5. The number of hydrogen-bond acceptors (Lipinski definition) is 8. The number of benzene rings is 2. The summed E-state index contributed by atoms with van der Waals surface area (Å²) in [6, 6.07) is 16.7. The topological polar surface area (TPSA) is 121 Å². The van der Waals surface area contributed by atoms with E-state index in [-0.39, 0.29) is 24.3 Å². The zero-order chi connectivity index (χ0) is 21.6. The summed E-state index contributed by atoms with van der Waals surface area (Å²) in [4.78, 5) is 24.8. The number of esters is 1. The predicted octanol–water partition coefficient (Wildman–Crippen LogP) is 3.11. The molecular formula is C22H21N7O2. The first-order valence-electron chi connectivity index (χ1n) is 9.63. The molecule has 0 unspecified atom stereocenters. The number of nitrogens with two attached hydrogens (primary N) is 1. The van der Waals surface area contributed by atoms with Crippen LogP contribution in [0.5, 0.6) is 0 Å². The number of aromatic nitrogens is 5. The quantitative estimate of drug-likeness (QED) is 0.442. The van der Waals surface area contributed by atoms with Crippen molar-refractivity contribution in [2.75, 3.05) is 11.1 Å². The standard InChI is InChI=1S/C22H21N7O2/c1-15-5-2-3-6-18(15)25-22-27-19(26-21(23)28-22)14-31-20(30)17-9-7-16(8-10-17)13-29-12-4-11-24-29/h2-12H,13-14H2,1H3,(H3,23,25,26,27,28). The third kappa shape index (κ3) is 5.21. The van der Waals surface area contributed by atoms with Gasteiger partial charge in [0.1, 0.15) is 0 Å². The van der Waals surface area contributed by atoms with E-state index in [0.29, 0.717) is 12.1 Å². The molecule has 0 bridgehead atoms. The predicted molar refractivity (Wildman–Crippen MR) is 116 cm³/mol. The maximum absolute atomic E-state index is 12.4. The maximum atomic E-state index is 12.4. The molecule has 0 spiro atoms. The van der Waals surface area contributed by atoms with Crippen LogP contribution in [0.3, 0.4) is 0 Å². The van der Waals surface area contributed by atoms with Crippen LogP contribution in [0.15, 0.2) is 67.0 Å². The number of nitrogen functional groups attached to an aromatic ring is 1. The summed E-state index contributed by atoms with van der Waals surface area (Å²) in [7, 11) is 0. The molecule has 0 saturated carbocycles. The van der Waals surface area contributed by atoms with Crippen molar-refractivity contribution in [3.63, 3.8) is 0 Å². The molecule has 0 amide bonds. The Morgan fingerprint density at radius 1 is 1.06 bits per heavy atom. The summed E-state index contributed by atoms with van der Waals surface area (Å²) in [5, 5.41) is 7.28. The largest absolute Gasteiger partial charge is 0.454 e. The Kier molecular flexibility index (Phi) is 5.84. The maximum Gasteiger partial charge on any atom is 0.338 e. The molecule has 2 aromatic heterocycles. The molecule has 4 rings (SSSR count). The van der Waals surface area contributed by atoms with Gasteiger partial charge in [-0.3, -0.25) is 4.68 Å². The molecular weight excluding hydrogens is 394 g/mol. The van der Waals surface area contributed by atoms with E-state index in [9.17, 15) is 4.79 Å². The van der Waals surface area contributed by atoms with E-state index in [1.165, 1.54) is 0 Å². The number of ether oxygens (including phenoxy) is 1. The number of rotatable bonds is 7. The van der Waals surface area contributed by atoms with Crippen LogP contribution in [0.1, 0.15) is 27.3 Å². The number of hydrogen-bond donors (Lipinski definition) is 2. The van der Waals surface area contributed by atoms with Gasteiger partial charge in [0.05, 0.1) is 12.1 Å².